The zero-order chi connectivity index (χ0) is 18.5. The van der Waals surface area contributed by atoms with Crippen LogP contribution in [0.1, 0.15) is 76.1 Å². The Hall–Kier alpha value is -1.62. The van der Waals surface area contributed by atoms with Crippen molar-refractivity contribution in [1.29, 1.82) is 0 Å². The van der Waals surface area contributed by atoms with Crippen molar-refractivity contribution in [3.63, 3.8) is 0 Å². The van der Waals surface area contributed by atoms with Crippen LogP contribution in [0.3, 0.4) is 0 Å². The standard InChI is InChI=1S/C20H28O5/c1-10(2)8-14(22)25-19-15-11(3)9-24-18(15)17(23)16-13(21)7-6-12(4)20(16,19)5/h9-10,12,16-17,19,23H,6-8H2,1-5H3/t12-,16+,17+,19+,20+/m0/s1. The van der Waals surface area contributed by atoms with E-state index in [1.54, 1.807) is 6.26 Å². The van der Waals surface area contributed by atoms with Crippen LogP contribution in [0.25, 0.3) is 0 Å². The van der Waals surface area contributed by atoms with Crippen LogP contribution in [0.15, 0.2) is 10.7 Å². The molecule has 2 aliphatic carbocycles. The predicted octanol–water partition coefficient (Wildman–Crippen LogP) is 3.89. The molecule has 0 unspecified atom stereocenters. The van der Waals surface area contributed by atoms with Gasteiger partial charge in [0.1, 0.15) is 23.8 Å². The fourth-order valence-corrected chi connectivity index (χ4v) is 4.62. The number of furan rings is 1. The van der Waals surface area contributed by atoms with Crippen molar-refractivity contribution in [1.82, 2.24) is 0 Å². The molecule has 0 aliphatic heterocycles. The van der Waals surface area contributed by atoms with Gasteiger partial charge in [-0.05, 0) is 30.7 Å². The lowest BCUT2D eigenvalue weighted by Crippen LogP contribution is -2.53. The Morgan fingerprint density at radius 2 is 2.16 bits per heavy atom. The highest BCUT2D eigenvalue weighted by atomic mass is 16.5. The molecule has 0 spiro atoms. The highest BCUT2D eigenvalue weighted by Crippen LogP contribution is 2.61. The van der Waals surface area contributed by atoms with Crippen LogP contribution in [0.2, 0.25) is 0 Å². The molecule has 0 amide bonds. The fourth-order valence-electron chi connectivity index (χ4n) is 4.62. The number of hydrogen-bond donors (Lipinski definition) is 1. The summed E-state index contributed by atoms with van der Waals surface area (Å²) in [5.74, 6) is -0.133. The molecule has 2 aliphatic rings. The van der Waals surface area contributed by atoms with E-state index in [0.29, 0.717) is 18.6 Å². The smallest absolute Gasteiger partial charge is 0.306 e. The number of fused-ring (bicyclic) bond motifs is 2. The monoisotopic (exact) mass is 348 g/mol. The predicted molar refractivity (Wildman–Crippen MR) is 91.7 cm³/mol. The second kappa shape index (κ2) is 6.27. The van der Waals surface area contributed by atoms with Crippen LogP contribution in [-0.2, 0) is 14.3 Å². The minimum absolute atomic E-state index is 0.0257. The first-order valence-electron chi connectivity index (χ1n) is 9.16. The molecule has 0 radical (unpaired) electrons. The molecule has 1 N–H and O–H groups in total. The summed E-state index contributed by atoms with van der Waals surface area (Å²) in [7, 11) is 0. The van der Waals surface area contributed by atoms with Gasteiger partial charge in [0.05, 0.1) is 12.2 Å². The van der Waals surface area contributed by atoms with E-state index in [1.807, 2.05) is 27.7 Å². The molecule has 1 heterocycles. The number of aryl methyl sites for hydroxylation is 1. The Kier molecular flexibility index (Phi) is 4.56. The number of Topliss-reactive ketones (excluding diaryl/α,β-unsaturated/α-hetero) is 1. The Balaban J connectivity index is 2.10. The van der Waals surface area contributed by atoms with E-state index >= 15 is 0 Å². The molecule has 5 nitrogen and oxygen atoms in total. The van der Waals surface area contributed by atoms with E-state index in [0.717, 1.165) is 17.5 Å². The van der Waals surface area contributed by atoms with Gasteiger partial charge in [0.15, 0.2) is 0 Å². The maximum absolute atomic E-state index is 12.7. The molecule has 1 aromatic rings. The van der Waals surface area contributed by atoms with Gasteiger partial charge in [-0.25, -0.2) is 0 Å². The summed E-state index contributed by atoms with van der Waals surface area (Å²) < 4.78 is 11.5. The van der Waals surface area contributed by atoms with E-state index in [2.05, 4.69) is 6.92 Å². The minimum atomic E-state index is -0.982. The quantitative estimate of drug-likeness (QED) is 0.839. The number of ketones is 1. The summed E-state index contributed by atoms with van der Waals surface area (Å²) in [5.41, 5.74) is 0.953. The first-order chi connectivity index (χ1) is 11.7. The number of aliphatic hydroxyl groups is 1. The van der Waals surface area contributed by atoms with Crippen molar-refractivity contribution < 1.29 is 23.8 Å². The molecular formula is C20H28O5. The Morgan fingerprint density at radius 3 is 2.80 bits per heavy atom. The molecule has 1 fully saturated rings. The highest BCUT2D eigenvalue weighted by molar-refractivity contribution is 5.84. The number of carbonyl (C=O) groups excluding carboxylic acids is 2. The maximum Gasteiger partial charge on any atom is 0.306 e. The van der Waals surface area contributed by atoms with E-state index in [9.17, 15) is 14.7 Å². The van der Waals surface area contributed by atoms with Gasteiger partial charge in [0, 0.05) is 23.8 Å². The first-order valence-corrected chi connectivity index (χ1v) is 9.16. The number of rotatable bonds is 3. The van der Waals surface area contributed by atoms with E-state index in [-0.39, 0.29) is 23.6 Å². The van der Waals surface area contributed by atoms with Crippen LogP contribution in [0.5, 0.6) is 0 Å². The van der Waals surface area contributed by atoms with E-state index in [4.69, 9.17) is 9.15 Å². The minimum Gasteiger partial charge on any atom is -0.466 e. The van der Waals surface area contributed by atoms with Crippen molar-refractivity contribution in [2.45, 2.75) is 66.1 Å². The fraction of sp³-hybridized carbons (Fsp3) is 0.700. The lowest BCUT2D eigenvalue weighted by atomic mass is 9.53. The van der Waals surface area contributed by atoms with Crippen LogP contribution in [0.4, 0.5) is 0 Å². The molecule has 0 aromatic carbocycles. The molecule has 5 heteroatoms. The van der Waals surface area contributed by atoms with Crippen LogP contribution in [0, 0.1) is 30.1 Å². The van der Waals surface area contributed by atoms with Gasteiger partial charge in [-0.3, -0.25) is 9.59 Å². The van der Waals surface area contributed by atoms with E-state index in [1.165, 1.54) is 0 Å². The summed E-state index contributed by atoms with van der Waals surface area (Å²) in [4.78, 5) is 25.1. The summed E-state index contributed by atoms with van der Waals surface area (Å²) in [6.45, 7) is 9.88. The van der Waals surface area contributed by atoms with Gasteiger partial charge in [-0.2, -0.15) is 0 Å². The topological polar surface area (TPSA) is 76.7 Å². The zero-order valence-electron chi connectivity index (χ0n) is 15.7. The van der Waals surface area contributed by atoms with Crippen molar-refractivity contribution in [3.8, 4) is 0 Å². The lowest BCUT2D eigenvalue weighted by Gasteiger charge is -2.53. The third-order valence-electron chi connectivity index (χ3n) is 6.19. The summed E-state index contributed by atoms with van der Waals surface area (Å²) in [5, 5.41) is 10.9. The largest absolute Gasteiger partial charge is 0.466 e. The summed E-state index contributed by atoms with van der Waals surface area (Å²) >= 11 is 0. The molecule has 3 rings (SSSR count). The van der Waals surface area contributed by atoms with Gasteiger partial charge in [-0.15, -0.1) is 0 Å². The third kappa shape index (κ3) is 2.73. The zero-order valence-corrected chi connectivity index (χ0v) is 15.7. The Bertz CT molecular complexity index is 688. The summed E-state index contributed by atoms with van der Waals surface area (Å²) in [6, 6.07) is 0. The molecule has 0 bridgehead atoms. The Morgan fingerprint density at radius 1 is 1.48 bits per heavy atom. The van der Waals surface area contributed by atoms with Crippen molar-refractivity contribution in [2.24, 2.45) is 23.2 Å². The highest BCUT2D eigenvalue weighted by Gasteiger charge is 2.61. The first kappa shape index (κ1) is 18.2. The van der Waals surface area contributed by atoms with Gasteiger partial charge in [0.2, 0.25) is 0 Å². The second-order valence-corrected chi connectivity index (χ2v) is 8.36. The normalized spacial score (nSPS) is 34.6. The molecule has 0 saturated heterocycles. The van der Waals surface area contributed by atoms with Gasteiger partial charge in [-0.1, -0.05) is 27.7 Å². The van der Waals surface area contributed by atoms with Crippen molar-refractivity contribution in [2.75, 3.05) is 0 Å². The van der Waals surface area contributed by atoms with Gasteiger partial charge >= 0.3 is 5.97 Å². The maximum atomic E-state index is 12.7. The second-order valence-electron chi connectivity index (χ2n) is 8.36. The molecule has 5 atom stereocenters. The molecule has 1 saturated carbocycles. The SMILES string of the molecule is Cc1coc2c1[C@@H](OC(=O)CC(C)C)[C@@]1(C)[C@H](C(=O)CC[C@@H]1C)[C@H]2O. The molecule has 25 heavy (non-hydrogen) atoms. The number of hydrogen-bond acceptors (Lipinski definition) is 5. The van der Waals surface area contributed by atoms with Gasteiger partial charge in [0.25, 0.3) is 0 Å². The van der Waals surface area contributed by atoms with Gasteiger partial charge < -0.3 is 14.3 Å². The number of ether oxygens (including phenoxy) is 1. The Labute approximate surface area is 148 Å². The number of esters is 1. The van der Waals surface area contributed by atoms with Crippen LogP contribution < -0.4 is 0 Å². The van der Waals surface area contributed by atoms with Crippen molar-refractivity contribution >= 4 is 11.8 Å². The van der Waals surface area contributed by atoms with Crippen LogP contribution in [-0.4, -0.2) is 16.9 Å². The van der Waals surface area contributed by atoms with Crippen LogP contribution >= 0.6 is 0 Å². The van der Waals surface area contributed by atoms with E-state index < -0.39 is 23.5 Å². The summed E-state index contributed by atoms with van der Waals surface area (Å²) in [6.07, 6.45) is 1.54. The average molecular weight is 348 g/mol. The third-order valence-corrected chi connectivity index (χ3v) is 6.19. The molecule has 138 valence electrons. The number of aliphatic hydroxyl groups excluding tert-OH is 1. The van der Waals surface area contributed by atoms with Crippen molar-refractivity contribution in [3.05, 3.63) is 23.2 Å². The lowest BCUT2D eigenvalue weighted by molar-refractivity contribution is -0.184. The molecular weight excluding hydrogens is 320 g/mol. The average Bonchev–Trinajstić information content (AvgIpc) is 2.89. The molecule has 1 aromatic heterocycles. The number of carbonyl (C=O) groups is 2.